The number of halogens is 1. The topological polar surface area (TPSA) is 29.1 Å². The minimum absolute atomic E-state index is 0.0779. The van der Waals surface area contributed by atoms with Crippen LogP contribution in [0.5, 0.6) is 0 Å². The highest BCUT2D eigenvalue weighted by Gasteiger charge is 2.17. The van der Waals surface area contributed by atoms with Crippen LogP contribution in [0.4, 0.5) is 0 Å². The first-order valence-electron chi connectivity index (χ1n) is 5.48. The fourth-order valence-electron chi connectivity index (χ4n) is 1.30. The molecule has 2 nitrogen and oxygen atoms in total. The number of benzene rings is 1. The molecule has 0 saturated heterocycles. The molecule has 1 N–H and O–H groups in total. The van der Waals surface area contributed by atoms with Crippen LogP contribution in [0.2, 0.25) is 0 Å². The van der Waals surface area contributed by atoms with Gasteiger partial charge in [0.25, 0.3) is 0 Å². The van der Waals surface area contributed by atoms with E-state index in [1.54, 1.807) is 0 Å². The first-order valence-corrected chi connectivity index (χ1v) is 6.28. The Labute approximate surface area is 106 Å². The van der Waals surface area contributed by atoms with Crippen molar-refractivity contribution in [3.63, 3.8) is 0 Å². The molecule has 0 heterocycles. The van der Waals surface area contributed by atoms with Crippen molar-refractivity contribution in [3.05, 3.63) is 34.3 Å². The first kappa shape index (κ1) is 13.2. The van der Waals surface area contributed by atoms with Gasteiger partial charge in [-0.1, -0.05) is 35.0 Å². The summed E-state index contributed by atoms with van der Waals surface area (Å²) in [5.41, 5.74) is 0.916. The predicted octanol–water partition coefficient (Wildman–Crippen LogP) is 3.30. The van der Waals surface area contributed by atoms with E-state index in [4.69, 9.17) is 0 Å². The summed E-state index contributed by atoms with van der Waals surface area (Å²) in [5.74, 6) is 0.0779. The van der Waals surface area contributed by atoms with Crippen LogP contribution >= 0.6 is 15.9 Å². The van der Waals surface area contributed by atoms with Crippen molar-refractivity contribution < 1.29 is 4.79 Å². The Kier molecular flexibility index (Phi) is 4.54. The van der Waals surface area contributed by atoms with Crippen LogP contribution in [0, 0.1) is 0 Å². The van der Waals surface area contributed by atoms with Crippen LogP contribution in [0.3, 0.4) is 0 Å². The van der Waals surface area contributed by atoms with Crippen LogP contribution in [0.15, 0.2) is 28.7 Å². The largest absolute Gasteiger partial charge is 0.351 e. The van der Waals surface area contributed by atoms with Crippen molar-refractivity contribution >= 4 is 21.8 Å². The van der Waals surface area contributed by atoms with Crippen LogP contribution in [0.1, 0.15) is 32.8 Å². The molecule has 0 bridgehead atoms. The molecule has 0 aliphatic carbocycles. The molecular weight excluding hydrogens is 266 g/mol. The fraction of sp³-hybridized carbons (Fsp3) is 0.462. The van der Waals surface area contributed by atoms with Gasteiger partial charge in [0.1, 0.15) is 0 Å². The number of rotatable bonds is 4. The molecule has 0 radical (unpaired) electrons. The molecule has 0 saturated carbocycles. The van der Waals surface area contributed by atoms with Crippen molar-refractivity contribution in [3.8, 4) is 0 Å². The lowest BCUT2D eigenvalue weighted by molar-refractivity contribution is -0.122. The number of hydrogen-bond acceptors (Lipinski definition) is 1. The van der Waals surface area contributed by atoms with Crippen LogP contribution in [0.25, 0.3) is 0 Å². The molecule has 1 aromatic rings. The van der Waals surface area contributed by atoms with Crippen LogP contribution in [-0.4, -0.2) is 11.4 Å². The summed E-state index contributed by atoms with van der Waals surface area (Å²) >= 11 is 3.37. The zero-order valence-electron chi connectivity index (χ0n) is 10.0. The standard InChI is InChI=1S/C13H18BrNO/c1-4-13(2,3)15-12(16)9-10-5-7-11(14)8-6-10/h5-8H,4,9H2,1-3H3,(H,15,16). The zero-order chi connectivity index (χ0) is 12.2. The van der Waals surface area contributed by atoms with Crippen molar-refractivity contribution in [1.29, 1.82) is 0 Å². The summed E-state index contributed by atoms with van der Waals surface area (Å²) < 4.78 is 1.03. The van der Waals surface area contributed by atoms with E-state index < -0.39 is 0 Å². The lowest BCUT2D eigenvalue weighted by Crippen LogP contribution is -2.43. The third kappa shape index (κ3) is 4.35. The smallest absolute Gasteiger partial charge is 0.224 e. The Morgan fingerprint density at radius 2 is 1.88 bits per heavy atom. The highest BCUT2D eigenvalue weighted by molar-refractivity contribution is 9.10. The quantitative estimate of drug-likeness (QED) is 0.903. The molecule has 1 rings (SSSR count). The number of carbonyl (C=O) groups is 1. The van der Waals surface area contributed by atoms with Gasteiger partial charge in [-0.05, 0) is 38.0 Å². The van der Waals surface area contributed by atoms with E-state index in [2.05, 4.69) is 28.2 Å². The molecule has 0 aromatic heterocycles. The monoisotopic (exact) mass is 283 g/mol. The van der Waals surface area contributed by atoms with Crippen LogP contribution in [-0.2, 0) is 11.2 Å². The van der Waals surface area contributed by atoms with E-state index in [-0.39, 0.29) is 11.4 Å². The maximum Gasteiger partial charge on any atom is 0.224 e. The average Bonchev–Trinajstić information content (AvgIpc) is 2.21. The molecule has 1 aromatic carbocycles. The van der Waals surface area contributed by atoms with E-state index in [0.29, 0.717) is 6.42 Å². The van der Waals surface area contributed by atoms with Gasteiger partial charge in [-0.15, -0.1) is 0 Å². The Balaban J connectivity index is 2.55. The highest BCUT2D eigenvalue weighted by atomic mass is 79.9. The second-order valence-electron chi connectivity index (χ2n) is 4.59. The fourth-order valence-corrected chi connectivity index (χ4v) is 1.56. The van der Waals surface area contributed by atoms with E-state index in [9.17, 15) is 4.79 Å². The zero-order valence-corrected chi connectivity index (χ0v) is 11.6. The van der Waals surface area contributed by atoms with Gasteiger partial charge in [0.15, 0.2) is 0 Å². The van der Waals surface area contributed by atoms with Gasteiger partial charge in [0, 0.05) is 10.0 Å². The maximum atomic E-state index is 11.7. The van der Waals surface area contributed by atoms with Gasteiger partial charge in [-0.3, -0.25) is 4.79 Å². The Morgan fingerprint density at radius 3 is 2.38 bits per heavy atom. The van der Waals surface area contributed by atoms with E-state index in [0.717, 1.165) is 16.5 Å². The minimum Gasteiger partial charge on any atom is -0.351 e. The summed E-state index contributed by atoms with van der Waals surface area (Å²) in [5, 5.41) is 3.02. The summed E-state index contributed by atoms with van der Waals surface area (Å²) in [6, 6.07) is 7.83. The Hall–Kier alpha value is -0.830. The third-order valence-electron chi connectivity index (χ3n) is 2.64. The van der Waals surface area contributed by atoms with Gasteiger partial charge in [0.2, 0.25) is 5.91 Å². The SMILES string of the molecule is CCC(C)(C)NC(=O)Cc1ccc(Br)cc1. The number of carbonyl (C=O) groups excluding carboxylic acids is 1. The molecule has 16 heavy (non-hydrogen) atoms. The summed E-state index contributed by atoms with van der Waals surface area (Å²) in [6.07, 6.45) is 1.37. The molecular formula is C13H18BrNO. The first-order chi connectivity index (χ1) is 7.43. The van der Waals surface area contributed by atoms with E-state index in [1.807, 2.05) is 38.1 Å². The summed E-state index contributed by atoms with van der Waals surface area (Å²) in [6.45, 7) is 6.14. The highest BCUT2D eigenvalue weighted by Crippen LogP contribution is 2.12. The van der Waals surface area contributed by atoms with Crippen molar-refractivity contribution in [2.45, 2.75) is 39.2 Å². The Bertz CT molecular complexity index is 357. The molecule has 3 heteroatoms. The molecule has 0 fully saturated rings. The number of amides is 1. The van der Waals surface area contributed by atoms with E-state index >= 15 is 0 Å². The Morgan fingerprint density at radius 1 is 1.31 bits per heavy atom. The average molecular weight is 284 g/mol. The predicted molar refractivity (Wildman–Crippen MR) is 70.4 cm³/mol. The lowest BCUT2D eigenvalue weighted by Gasteiger charge is -2.24. The van der Waals surface area contributed by atoms with Crippen LogP contribution < -0.4 is 5.32 Å². The maximum absolute atomic E-state index is 11.7. The second kappa shape index (κ2) is 5.48. The summed E-state index contributed by atoms with van der Waals surface area (Å²) in [4.78, 5) is 11.7. The minimum atomic E-state index is -0.119. The lowest BCUT2D eigenvalue weighted by atomic mass is 10.0. The third-order valence-corrected chi connectivity index (χ3v) is 3.17. The van der Waals surface area contributed by atoms with Gasteiger partial charge in [-0.2, -0.15) is 0 Å². The number of hydrogen-bond donors (Lipinski definition) is 1. The van der Waals surface area contributed by atoms with Crippen molar-refractivity contribution in [2.24, 2.45) is 0 Å². The van der Waals surface area contributed by atoms with Crippen molar-refractivity contribution in [2.75, 3.05) is 0 Å². The van der Waals surface area contributed by atoms with Gasteiger partial charge in [-0.25, -0.2) is 0 Å². The van der Waals surface area contributed by atoms with Gasteiger partial charge in [0.05, 0.1) is 6.42 Å². The second-order valence-corrected chi connectivity index (χ2v) is 5.50. The molecule has 0 aliphatic rings. The van der Waals surface area contributed by atoms with Crippen molar-refractivity contribution in [1.82, 2.24) is 5.32 Å². The summed E-state index contributed by atoms with van der Waals surface area (Å²) in [7, 11) is 0. The normalized spacial score (nSPS) is 11.2. The number of nitrogens with one attached hydrogen (secondary N) is 1. The van der Waals surface area contributed by atoms with E-state index in [1.165, 1.54) is 0 Å². The molecule has 0 aliphatic heterocycles. The molecule has 88 valence electrons. The van der Waals surface area contributed by atoms with Gasteiger partial charge >= 0.3 is 0 Å². The molecule has 0 atom stereocenters. The van der Waals surface area contributed by atoms with Gasteiger partial charge < -0.3 is 5.32 Å². The molecule has 0 spiro atoms. The molecule has 1 amide bonds. The molecule has 0 unspecified atom stereocenters.